The van der Waals surface area contributed by atoms with E-state index in [9.17, 15) is 13.2 Å². The summed E-state index contributed by atoms with van der Waals surface area (Å²) in [7, 11) is -5.81. The second-order valence-electron chi connectivity index (χ2n) is 9.01. The summed E-state index contributed by atoms with van der Waals surface area (Å²) in [5.74, 6) is -0.264. The Balaban J connectivity index is 2.23. The molecule has 2 atom stereocenters. The van der Waals surface area contributed by atoms with E-state index in [1.165, 1.54) is 11.3 Å². The quantitative estimate of drug-likeness (QED) is 0.366. The predicted octanol–water partition coefficient (Wildman–Crippen LogP) is 5.06. The van der Waals surface area contributed by atoms with E-state index in [1.54, 1.807) is 6.92 Å². The van der Waals surface area contributed by atoms with Crippen LogP contribution in [0, 0.1) is 0 Å². The Kier molecular flexibility index (Phi) is 6.50. The largest absolute Gasteiger partial charge is 0.466 e. The van der Waals surface area contributed by atoms with Gasteiger partial charge >= 0.3 is 5.97 Å². The number of hydrogen-bond acceptors (Lipinski definition) is 6. The van der Waals surface area contributed by atoms with Gasteiger partial charge in [-0.05, 0) is 49.6 Å². The van der Waals surface area contributed by atoms with Gasteiger partial charge in [0, 0.05) is 15.4 Å². The zero-order chi connectivity index (χ0) is 22.2. The van der Waals surface area contributed by atoms with Gasteiger partial charge < -0.3 is 10.5 Å². The predicted molar refractivity (Wildman–Crippen MR) is 127 cm³/mol. The number of thiophene rings is 1. The molecule has 0 amide bonds. The van der Waals surface area contributed by atoms with Crippen LogP contribution in [0.15, 0.2) is 36.4 Å². The highest BCUT2D eigenvalue weighted by Crippen LogP contribution is 2.55. The second kappa shape index (κ2) is 8.47. The zero-order valence-corrected chi connectivity index (χ0v) is 20.7. The SMILES string of the molecule is CCOC(=O)C([C@]1(c2ccc(-c3cccc(N)c3)s2)CCCCS1(=O)=O)[Si](C)(C)C. The Morgan fingerprint density at radius 2 is 1.97 bits per heavy atom. The first kappa shape index (κ1) is 23.0. The van der Waals surface area contributed by atoms with Gasteiger partial charge in [0.15, 0.2) is 9.84 Å². The highest BCUT2D eigenvalue weighted by molar-refractivity contribution is 7.92. The lowest BCUT2D eigenvalue weighted by Crippen LogP contribution is -2.54. The van der Waals surface area contributed by atoms with E-state index in [0.717, 1.165) is 21.7 Å². The lowest BCUT2D eigenvalue weighted by Gasteiger charge is -2.45. The van der Waals surface area contributed by atoms with Gasteiger partial charge in [-0.1, -0.05) is 38.2 Å². The molecule has 8 heteroatoms. The molecule has 1 saturated heterocycles. The van der Waals surface area contributed by atoms with Crippen molar-refractivity contribution >= 4 is 40.9 Å². The first-order chi connectivity index (χ1) is 14.0. The molecule has 3 rings (SSSR count). The molecule has 0 saturated carbocycles. The number of rotatable bonds is 6. The van der Waals surface area contributed by atoms with Crippen molar-refractivity contribution in [1.82, 2.24) is 0 Å². The fraction of sp³-hybridized carbons (Fsp3) is 0.500. The average Bonchev–Trinajstić information content (AvgIpc) is 3.13. The summed E-state index contributed by atoms with van der Waals surface area (Å²) in [5, 5.41) is 0. The van der Waals surface area contributed by atoms with Gasteiger partial charge in [0.05, 0.1) is 26.0 Å². The number of benzene rings is 1. The van der Waals surface area contributed by atoms with Crippen molar-refractivity contribution in [1.29, 1.82) is 0 Å². The van der Waals surface area contributed by atoms with Crippen molar-refractivity contribution in [3.05, 3.63) is 41.3 Å². The molecule has 1 unspecified atom stereocenters. The number of carbonyl (C=O) groups excluding carboxylic acids is 1. The number of nitrogens with two attached hydrogens (primary N) is 1. The molecule has 0 radical (unpaired) electrons. The first-order valence-electron chi connectivity index (χ1n) is 10.4. The maximum absolute atomic E-state index is 13.7. The van der Waals surface area contributed by atoms with Crippen LogP contribution in [0.2, 0.25) is 25.2 Å². The smallest absolute Gasteiger partial charge is 0.308 e. The summed E-state index contributed by atoms with van der Waals surface area (Å²) in [6.45, 7) is 8.20. The lowest BCUT2D eigenvalue weighted by molar-refractivity contribution is -0.144. The zero-order valence-electron chi connectivity index (χ0n) is 18.1. The molecule has 0 aliphatic carbocycles. The van der Waals surface area contributed by atoms with E-state index < -0.39 is 28.2 Å². The lowest BCUT2D eigenvalue weighted by atomic mass is 9.94. The molecular formula is C22H31NO4S2Si. The van der Waals surface area contributed by atoms with Crippen molar-refractivity contribution in [2.45, 2.75) is 56.1 Å². The molecule has 1 aromatic carbocycles. The third-order valence-electron chi connectivity index (χ3n) is 5.82. The molecule has 5 nitrogen and oxygen atoms in total. The van der Waals surface area contributed by atoms with Crippen LogP contribution < -0.4 is 5.73 Å². The number of esters is 1. The van der Waals surface area contributed by atoms with E-state index in [2.05, 4.69) is 19.6 Å². The third-order valence-corrected chi connectivity index (χ3v) is 12.5. The van der Waals surface area contributed by atoms with Crippen molar-refractivity contribution in [2.24, 2.45) is 0 Å². The van der Waals surface area contributed by atoms with Gasteiger partial charge in [-0.3, -0.25) is 4.79 Å². The number of carbonyl (C=O) groups is 1. The first-order valence-corrected chi connectivity index (χ1v) is 16.4. The molecule has 2 heterocycles. The minimum absolute atomic E-state index is 0.110. The molecular weight excluding hydrogens is 434 g/mol. The van der Waals surface area contributed by atoms with Crippen LogP contribution in [0.4, 0.5) is 5.69 Å². The molecule has 2 aromatic rings. The van der Waals surface area contributed by atoms with Crippen LogP contribution in [0.1, 0.15) is 31.1 Å². The highest BCUT2D eigenvalue weighted by Gasteiger charge is 2.60. The molecule has 0 bridgehead atoms. The van der Waals surface area contributed by atoms with Crippen LogP contribution in [0.5, 0.6) is 0 Å². The Hall–Kier alpha value is -1.64. The summed E-state index contributed by atoms with van der Waals surface area (Å²) in [6.07, 6.45) is 1.88. The van der Waals surface area contributed by atoms with Crippen molar-refractivity contribution in [3.8, 4) is 10.4 Å². The summed E-state index contributed by atoms with van der Waals surface area (Å²) >= 11 is 1.46. The van der Waals surface area contributed by atoms with Gasteiger partial charge in [0.25, 0.3) is 0 Å². The van der Waals surface area contributed by atoms with Gasteiger partial charge in [0.1, 0.15) is 4.75 Å². The Morgan fingerprint density at radius 3 is 2.57 bits per heavy atom. The van der Waals surface area contributed by atoms with E-state index in [1.807, 2.05) is 36.4 Å². The average molecular weight is 466 g/mol. The van der Waals surface area contributed by atoms with Gasteiger partial charge in [-0.25, -0.2) is 8.42 Å². The molecule has 1 fully saturated rings. The number of anilines is 1. The van der Waals surface area contributed by atoms with E-state index in [4.69, 9.17) is 10.5 Å². The Labute approximate surface area is 184 Å². The van der Waals surface area contributed by atoms with E-state index >= 15 is 0 Å². The molecule has 1 aromatic heterocycles. The second-order valence-corrected chi connectivity index (χ2v) is 17.8. The number of ether oxygens (including phenoxy) is 1. The molecule has 2 N–H and O–H groups in total. The Morgan fingerprint density at radius 1 is 1.23 bits per heavy atom. The topological polar surface area (TPSA) is 86.5 Å². The standard InChI is InChI=1S/C22H31NO4S2Si/c1-5-27-21(24)20(30(2,3)4)22(13-6-7-14-29(22,25)26)19-12-11-18(28-19)16-9-8-10-17(23)15-16/h8-12,15,20H,5-7,13-14,23H2,1-4H3/t20?,22-/m1/s1. The molecule has 30 heavy (non-hydrogen) atoms. The maximum atomic E-state index is 13.7. The van der Waals surface area contributed by atoms with Crippen molar-refractivity contribution in [2.75, 3.05) is 18.1 Å². The monoisotopic (exact) mass is 465 g/mol. The molecule has 0 spiro atoms. The minimum atomic E-state index is -3.54. The summed E-state index contributed by atoms with van der Waals surface area (Å²) in [5.41, 5.74) is 6.91. The number of sulfone groups is 1. The van der Waals surface area contributed by atoms with Crippen LogP contribution in [-0.4, -0.2) is 34.8 Å². The van der Waals surface area contributed by atoms with Crippen LogP contribution >= 0.6 is 11.3 Å². The van der Waals surface area contributed by atoms with Gasteiger partial charge in [0.2, 0.25) is 0 Å². The Bertz CT molecular complexity index is 1030. The number of nitrogen functional groups attached to an aromatic ring is 1. The molecule has 1 aliphatic heterocycles. The molecule has 164 valence electrons. The van der Waals surface area contributed by atoms with Gasteiger partial charge in [-0.2, -0.15) is 0 Å². The van der Waals surface area contributed by atoms with E-state index in [-0.39, 0.29) is 18.3 Å². The fourth-order valence-electron chi connectivity index (χ4n) is 4.64. The fourth-order valence-corrected chi connectivity index (χ4v) is 12.7. The van der Waals surface area contributed by atoms with Crippen LogP contribution in [-0.2, 0) is 24.1 Å². The number of hydrogen-bond donors (Lipinski definition) is 1. The summed E-state index contributed by atoms with van der Waals surface area (Å²) in [6, 6.07) is 11.4. The highest BCUT2D eigenvalue weighted by atomic mass is 32.2. The maximum Gasteiger partial charge on any atom is 0.308 e. The van der Waals surface area contributed by atoms with Crippen LogP contribution in [0.25, 0.3) is 10.4 Å². The summed E-state index contributed by atoms with van der Waals surface area (Å²) in [4.78, 5) is 14.9. The van der Waals surface area contributed by atoms with E-state index in [0.29, 0.717) is 18.5 Å². The molecule has 1 aliphatic rings. The summed E-state index contributed by atoms with van der Waals surface area (Å²) < 4.78 is 31.6. The van der Waals surface area contributed by atoms with Gasteiger partial charge in [-0.15, -0.1) is 11.3 Å². The third kappa shape index (κ3) is 4.09. The van der Waals surface area contributed by atoms with Crippen molar-refractivity contribution < 1.29 is 17.9 Å². The van der Waals surface area contributed by atoms with Crippen LogP contribution in [0.3, 0.4) is 0 Å². The normalized spacial score (nSPS) is 22.4. The van der Waals surface area contributed by atoms with Crippen molar-refractivity contribution in [3.63, 3.8) is 0 Å². The minimum Gasteiger partial charge on any atom is -0.466 e.